The molecule has 0 aliphatic heterocycles. The predicted molar refractivity (Wildman–Crippen MR) is 53.7 cm³/mol. The molecule has 0 unspecified atom stereocenters. The summed E-state index contributed by atoms with van der Waals surface area (Å²) in [6.45, 7) is 3.21. The van der Waals surface area contributed by atoms with E-state index < -0.39 is 20.8 Å². The molecule has 0 aromatic rings. The van der Waals surface area contributed by atoms with Crippen LogP contribution in [0.2, 0.25) is 0 Å². The van der Waals surface area contributed by atoms with Crippen molar-refractivity contribution < 1.29 is 8.42 Å². The van der Waals surface area contributed by atoms with Gasteiger partial charge in [0.1, 0.15) is 5.54 Å². The van der Waals surface area contributed by atoms with E-state index in [1.54, 1.807) is 13.8 Å². The van der Waals surface area contributed by atoms with Gasteiger partial charge >= 0.3 is 0 Å². The average molecular weight is 215 g/mol. The van der Waals surface area contributed by atoms with Gasteiger partial charge in [-0.2, -0.15) is 9.98 Å². The highest BCUT2D eigenvalue weighted by Crippen LogP contribution is 2.29. The fraction of sp³-hybridized carbons (Fsp3) is 0.778. The molecule has 1 fully saturated rings. The summed E-state index contributed by atoms with van der Waals surface area (Å²) in [7, 11) is -3.34. The smallest absolute Gasteiger partial charge is 0.212 e. The first-order chi connectivity index (χ1) is 6.42. The second-order valence-corrected chi connectivity index (χ2v) is 6.16. The van der Waals surface area contributed by atoms with Crippen LogP contribution in [0.25, 0.3) is 0 Å². The summed E-state index contributed by atoms with van der Waals surface area (Å²) >= 11 is 0. The van der Waals surface area contributed by atoms with Crippen LogP contribution in [0.15, 0.2) is 0 Å². The van der Waals surface area contributed by atoms with Crippen molar-refractivity contribution in [2.45, 2.75) is 43.9 Å². The lowest BCUT2D eigenvalue weighted by Crippen LogP contribution is -2.47. The number of nitrogens with zero attached hydrogens (tertiary/aromatic N) is 1. The van der Waals surface area contributed by atoms with Gasteiger partial charge in [-0.25, -0.2) is 8.42 Å². The molecule has 1 aliphatic carbocycles. The number of nitrogens with one attached hydrogen (secondary N) is 1. The van der Waals surface area contributed by atoms with Crippen molar-refractivity contribution in [3.8, 4) is 6.07 Å². The van der Waals surface area contributed by atoms with Crippen LogP contribution in [0.3, 0.4) is 0 Å². The van der Waals surface area contributed by atoms with Crippen LogP contribution in [0, 0.1) is 17.8 Å². The van der Waals surface area contributed by atoms with E-state index in [1.807, 2.05) is 6.42 Å². The molecule has 79 valence electrons. The Balaban J connectivity index is 2.82. The Labute approximate surface area is 85.4 Å². The monoisotopic (exact) mass is 215 g/mol. The van der Waals surface area contributed by atoms with Crippen molar-refractivity contribution in [2.24, 2.45) is 0 Å². The average Bonchev–Trinajstić information content (AvgIpc) is 2.53. The van der Waals surface area contributed by atoms with Crippen LogP contribution in [0.1, 0.15) is 33.1 Å². The molecular formula is C9H15N2O2S. The molecule has 1 aliphatic rings. The molecule has 1 radical (unpaired) electrons. The minimum Gasteiger partial charge on any atom is -0.212 e. The van der Waals surface area contributed by atoms with Gasteiger partial charge in [0.15, 0.2) is 0 Å². The Morgan fingerprint density at radius 2 is 2.21 bits per heavy atom. The fourth-order valence-corrected chi connectivity index (χ4v) is 2.42. The molecule has 0 aromatic heterocycles. The fourth-order valence-electron chi connectivity index (χ4n) is 1.41. The summed E-state index contributed by atoms with van der Waals surface area (Å²) in [5.74, 6) is 0. The topological polar surface area (TPSA) is 70.0 Å². The summed E-state index contributed by atoms with van der Waals surface area (Å²) in [5, 5.41) is 8.47. The zero-order chi connectivity index (χ0) is 10.8. The summed E-state index contributed by atoms with van der Waals surface area (Å²) in [6.07, 6.45) is 3.84. The highest BCUT2D eigenvalue weighted by Gasteiger charge is 2.38. The quantitative estimate of drug-likeness (QED) is 0.762. The zero-order valence-electron chi connectivity index (χ0n) is 8.45. The van der Waals surface area contributed by atoms with E-state index >= 15 is 0 Å². The third-order valence-corrected chi connectivity index (χ3v) is 4.36. The maximum Gasteiger partial charge on any atom is 0.215 e. The third-order valence-electron chi connectivity index (χ3n) is 2.44. The Bertz CT molecular complexity index is 334. The largest absolute Gasteiger partial charge is 0.215 e. The van der Waals surface area contributed by atoms with Crippen molar-refractivity contribution in [1.82, 2.24) is 4.72 Å². The lowest BCUT2D eigenvalue weighted by Gasteiger charge is -2.23. The maximum absolute atomic E-state index is 11.6. The van der Waals surface area contributed by atoms with Crippen LogP contribution >= 0.6 is 0 Å². The molecule has 0 aromatic carbocycles. The summed E-state index contributed by atoms with van der Waals surface area (Å²) < 4.78 is 25.6. The molecule has 14 heavy (non-hydrogen) atoms. The van der Waals surface area contributed by atoms with Gasteiger partial charge in [0.2, 0.25) is 10.0 Å². The minimum atomic E-state index is -3.34. The van der Waals surface area contributed by atoms with E-state index in [4.69, 9.17) is 5.26 Å². The van der Waals surface area contributed by atoms with Gasteiger partial charge in [0.05, 0.1) is 11.3 Å². The Kier molecular flexibility index (Phi) is 3.17. The van der Waals surface area contributed by atoms with Crippen LogP contribution in [-0.4, -0.2) is 19.2 Å². The molecule has 0 saturated heterocycles. The first kappa shape index (κ1) is 11.5. The molecule has 1 saturated carbocycles. The molecule has 0 spiro atoms. The van der Waals surface area contributed by atoms with Gasteiger partial charge in [-0.1, -0.05) is 0 Å². The van der Waals surface area contributed by atoms with Crippen molar-refractivity contribution >= 4 is 10.0 Å². The maximum atomic E-state index is 11.6. The highest BCUT2D eigenvalue weighted by molar-refractivity contribution is 7.90. The zero-order valence-corrected chi connectivity index (χ0v) is 9.26. The van der Waals surface area contributed by atoms with E-state index in [1.165, 1.54) is 0 Å². The Hall–Kier alpha value is -0.600. The summed E-state index contributed by atoms with van der Waals surface area (Å²) in [5.41, 5.74) is -0.886. The second-order valence-electron chi connectivity index (χ2n) is 3.92. The lowest BCUT2D eigenvalue weighted by molar-refractivity contribution is 0.485. The van der Waals surface area contributed by atoms with Gasteiger partial charge in [0.25, 0.3) is 0 Å². The van der Waals surface area contributed by atoms with E-state index in [0.29, 0.717) is 12.8 Å². The summed E-state index contributed by atoms with van der Waals surface area (Å²) in [4.78, 5) is 0. The molecule has 0 bridgehead atoms. The molecule has 5 heteroatoms. The number of sulfonamides is 1. The van der Waals surface area contributed by atoms with E-state index in [-0.39, 0.29) is 0 Å². The Morgan fingerprint density at radius 1 is 1.57 bits per heavy atom. The molecule has 1 atom stereocenters. The van der Waals surface area contributed by atoms with E-state index in [0.717, 1.165) is 6.42 Å². The van der Waals surface area contributed by atoms with E-state index in [9.17, 15) is 8.42 Å². The SMILES string of the molecule is CC(C)S(=O)(=O)N[C@@]1(C#N)C[CH]CC1. The molecule has 0 amide bonds. The third kappa shape index (κ3) is 2.25. The standard InChI is InChI=1S/C9H15N2O2S/c1-8(2)14(12,13)11-9(7-10)5-3-4-6-9/h3,8,11H,4-6H2,1-2H3/t9-/m0/s1. The predicted octanol–water partition coefficient (Wildman–Crippen LogP) is 0.965. The van der Waals surface area contributed by atoms with Gasteiger partial charge in [-0.15, -0.1) is 0 Å². The minimum absolute atomic E-state index is 0.492. The molecule has 1 rings (SSSR count). The van der Waals surface area contributed by atoms with Crippen molar-refractivity contribution in [2.75, 3.05) is 0 Å². The van der Waals surface area contributed by atoms with Gasteiger partial charge in [0, 0.05) is 0 Å². The van der Waals surface area contributed by atoms with Gasteiger partial charge in [-0.3, -0.25) is 0 Å². The lowest BCUT2D eigenvalue weighted by atomic mass is 10.0. The van der Waals surface area contributed by atoms with Crippen LogP contribution in [0.4, 0.5) is 0 Å². The number of hydrogen-bond donors (Lipinski definition) is 1. The summed E-state index contributed by atoms with van der Waals surface area (Å²) in [6, 6.07) is 2.07. The molecule has 1 N–H and O–H groups in total. The first-order valence-corrected chi connectivity index (χ1v) is 6.22. The molecule has 4 nitrogen and oxygen atoms in total. The number of rotatable bonds is 3. The van der Waals surface area contributed by atoms with Crippen LogP contribution in [0.5, 0.6) is 0 Å². The first-order valence-electron chi connectivity index (χ1n) is 4.68. The van der Waals surface area contributed by atoms with Crippen molar-refractivity contribution in [3.05, 3.63) is 6.42 Å². The number of nitriles is 1. The second kappa shape index (κ2) is 3.87. The van der Waals surface area contributed by atoms with Crippen LogP contribution < -0.4 is 4.72 Å². The number of hydrogen-bond acceptors (Lipinski definition) is 3. The Morgan fingerprint density at radius 3 is 2.57 bits per heavy atom. The molecule has 0 heterocycles. The van der Waals surface area contributed by atoms with Gasteiger partial charge < -0.3 is 0 Å². The normalized spacial score (nSPS) is 21.0. The van der Waals surface area contributed by atoms with E-state index in [2.05, 4.69) is 10.8 Å². The molecular weight excluding hydrogens is 200 g/mol. The van der Waals surface area contributed by atoms with Crippen molar-refractivity contribution in [3.63, 3.8) is 0 Å². The van der Waals surface area contributed by atoms with Crippen molar-refractivity contribution in [1.29, 1.82) is 5.26 Å². The highest BCUT2D eigenvalue weighted by atomic mass is 32.2. The van der Waals surface area contributed by atoms with Crippen LogP contribution in [-0.2, 0) is 10.0 Å². The van der Waals surface area contributed by atoms with Gasteiger partial charge in [-0.05, 0) is 39.5 Å².